The van der Waals surface area contributed by atoms with E-state index in [-0.39, 0.29) is 28.6 Å². The van der Waals surface area contributed by atoms with Crippen molar-refractivity contribution in [2.24, 2.45) is 0 Å². The van der Waals surface area contributed by atoms with Gasteiger partial charge in [-0.05, 0) is 13.8 Å². The van der Waals surface area contributed by atoms with Crippen LogP contribution in [-0.2, 0) is 9.09 Å². The summed E-state index contributed by atoms with van der Waals surface area (Å²) in [6, 6.07) is 0. The lowest BCUT2D eigenvalue weighted by atomic mass is 10.3. The highest BCUT2D eigenvalue weighted by Crippen LogP contribution is 2.39. The summed E-state index contributed by atoms with van der Waals surface area (Å²) in [7, 11) is -1.85. The van der Waals surface area contributed by atoms with Crippen molar-refractivity contribution < 1.29 is 9.09 Å². The lowest BCUT2D eigenvalue weighted by molar-refractivity contribution is 0.247. The maximum absolute atomic E-state index is 11.2. The molecule has 0 spiro atoms. The molecule has 0 saturated heterocycles. The van der Waals surface area contributed by atoms with Crippen LogP contribution in [0.1, 0.15) is 34.6 Å². The molecule has 0 rings (SSSR count). The molecule has 68 valence electrons. The molecule has 0 bridgehead atoms. The van der Waals surface area contributed by atoms with Crippen molar-refractivity contribution in [3.8, 4) is 0 Å². The quantitative estimate of drug-likeness (QED) is 0.492. The first-order valence-electron chi connectivity index (χ1n) is 3.55. The third kappa shape index (κ3) is 7.10. The van der Waals surface area contributed by atoms with Gasteiger partial charge in [0, 0.05) is 5.16 Å². The summed E-state index contributed by atoms with van der Waals surface area (Å²) in [6.07, 6.45) is 0.0746. The molecule has 2 nitrogen and oxygen atoms in total. The maximum atomic E-state index is 11.2. The molecule has 0 aromatic rings. The molecule has 1 atom stereocenters. The average molecular weight is 194 g/mol. The van der Waals surface area contributed by atoms with Gasteiger partial charge < -0.3 is 4.52 Å². The molecule has 0 aliphatic carbocycles. The van der Waals surface area contributed by atoms with Gasteiger partial charge in [-0.1, -0.05) is 20.8 Å². The Hall–Kier alpha value is 0.722. The molecule has 0 aromatic carbocycles. The Morgan fingerprint density at radius 2 is 1.64 bits per heavy atom. The first-order chi connectivity index (χ1) is 4.34. The zero-order chi connectivity index (χ0) is 8.36. The van der Waals surface area contributed by atoms with Crippen molar-refractivity contribution in [3.63, 3.8) is 0 Å². The van der Waals surface area contributed by atoms with E-state index in [0.717, 1.165) is 0 Å². The van der Waals surface area contributed by atoms with Crippen molar-refractivity contribution in [2.45, 2.75) is 45.9 Å². The van der Waals surface area contributed by atoms with Crippen LogP contribution in [0, 0.1) is 0 Å². The Bertz CT molecular complexity index is 129. The molecular formula is C7H20AlO2P. The minimum Gasteiger partial charge on any atom is -0.327 e. The third-order valence-electron chi connectivity index (χ3n) is 0.955. The van der Waals surface area contributed by atoms with Crippen LogP contribution < -0.4 is 0 Å². The Morgan fingerprint density at radius 3 is 1.73 bits per heavy atom. The lowest BCUT2D eigenvalue weighted by Gasteiger charge is -2.19. The zero-order valence-corrected chi connectivity index (χ0v) is 8.39. The normalized spacial score (nSPS) is 14.4. The molecule has 0 heterocycles. The van der Waals surface area contributed by atoms with Gasteiger partial charge in [0.15, 0.2) is 25.4 Å². The standard InChI is InChI=1S/C7H17O2P.Al.3H/c1-6(2)9-10(8)7(3,4)5;;;;/h6,10H,1-5H3;;;;. The highest BCUT2D eigenvalue weighted by atomic mass is 31.1. The van der Waals surface area contributed by atoms with E-state index in [9.17, 15) is 4.57 Å². The van der Waals surface area contributed by atoms with Gasteiger partial charge in [0.05, 0.1) is 6.10 Å². The van der Waals surface area contributed by atoms with Crippen molar-refractivity contribution >= 4 is 25.4 Å². The summed E-state index contributed by atoms with van der Waals surface area (Å²) in [5, 5.41) is -0.186. The molecule has 0 saturated carbocycles. The molecule has 0 aliphatic heterocycles. The molecule has 0 aliphatic rings. The van der Waals surface area contributed by atoms with E-state index < -0.39 is 8.03 Å². The van der Waals surface area contributed by atoms with Crippen LogP contribution in [0.3, 0.4) is 0 Å². The molecule has 4 heteroatoms. The third-order valence-corrected chi connectivity index (χ3v) is 2.87. The zero-order valence-electron chi connectivity index (χ0n) is 7.39. The topological polar surface area (TPSA) is 26.3 Å². The first-order valence-corrected chi connectivity index (χ1v) is 4.87. The Morgan fingerprint density at radius 1 is 1.27 bits per heavy atom. The smallest absolute Gasteiger partial charge is 0.197 e. The van der Waals surface area contributed by atoms with Gasteiger partial charge >= 0.3 is 0 Å². The summed E-state index contributed by atoms with van der Waals surface area (Å²) in [4.78, 5) is 0. The predicted octanol–water partition coefficient (Wildman–Crippen LogP) is 1.50. The Balaban J connectivity index is 0. The van der Waals surface area contributed by atoms with E-state index in [4.69, 9.17) is 4.52 Å². The SMILES string of the molecule is CC(C)O[PH](=O)C(C)(C)C.[AlH3]. The Kier molecular flexibility index (Phi) is 6.98. The van der Waals surface area contributed by atoms with E-state index in [1.54, 1.807) is 0 Å². The van der Waals surface area contributed by atoms with Crippen LogP contribution in [0.2, 0.25) is 0 Å². The highest BCUT2D eigenvalue weighted by Gasteiger charge is 2.20. The van der Waals surface area contributed by atoms with Gasteiger partial charge in [-0.2, -0.15) is 0 Å². The fourth-order valence-corrected chi connectivity index (χ4v) is 1.17. The van der Waals surface area contributed by atoms with Gasteiger partial charge in [-0.25, -0.2) is 0 Å². The van der Waals surface area contributed by atoms with Crippen molar-refractivity contribution in [1.29, 1.82) is 0 Å². The van der Waals surface area contributed by atoms with E-state index >= 15 is 0 Å². The molecular weight excluding hydrogens is 174 g/mol. The molecule has 0 aromatic heterocycles. The predicted molar refractivity (Wildman–Crippen MR) is 54.9 cm³/mol. The molecule has 0 radical (unpaired) electrons. The second-order valence-electron chi connectivity index (χ2n) is 3.70. The second kappa shape index (κ2) is 5.38. The first kappa shape index (κ1) is 14.3. The van der Waals surface area contributed by atoms with Crippen molar-refractivity contribution in [3.05, 3.63) is 0 Å². The lowest BCUT2D eigenvalue weighted by Crippen LogP contribution is -2.10. The number of rotatable bonds is 2. The van der Waals surface area contributed by atoms with Crippen molar-refractivity contribution in [2.75, 3.05) is 0 Å². The van der Waals surface area contributed by atoms with E-state index in [1.807, 2.05) is 34.6 Å². The summed E-state index contributed by atoms with van der Waals surface area (Å²) < 4.78 is 16.4. The molecule has 1 unspecified atom stereocenters. The minimum atomic E-state index is -1.85. The summed E-state index contributed by atoms with van der Waals surface area (Å²) in [6.45, 7) is 9.58. The van der Waals surface area contributed by atoms with Crippen LogP contribution >= 0.6 is 8.03 Å². The largest absolute Gasteiger partial charge is 0.327 e. The maximum Gasteiger partial charge on any atom is 0.197 e. The summed E-state index contributed by atoms with van der Waals surface area (Å²) in [5.41, 5.74) is 0. The Labute approximate surface area is 80.7 Å². The number of hydrogen-bond donors (Lipinski definition) is 0. The molecule has 11 heavy (non-hydrogen) atoms. The monoisotopic (exact) mass is 194 g/mol. The van der Waals surface area contributed by atoms with Crippen LogP contribution in [0.4, 0.5) is 0 Å². The molecule has 0 fully saturated rings. The molecule has 0 amide bonds. The fourth-order valence-electron chi connectivity index (χ4n) is 0.391. The van der Waals surface area contributed by atoms with Gasteiger partial charge in [0.25, 0.3) is 0 Å². The van der Waals surface area contributed by atoms with Gasteiger partial charge in [0.1, 0.15) is 0 Å². The summed E-state index contributed by atoms with van der Waals surface area (Å²) >= 11 is 0. The van der Waals surface area contributed by atoms with Gasteiger partial charge in [-0.3, -0.25) is 4.57 Å². The van der Waals surface area contributed by atoms with Crippen LogP contribution in [0.15, 0.2) is 0 Å². The van der Waals surface area contributed by atoms with Gasteiger partial charge in [0.2, 0.25) is 0 Å². The average Bonchev–Trinajstić information content (AvgIpc) is 1.60. The van der Waals surface area contributed by atoms with Crippen LogP contribution in [-0.4, -0.2) is 28.6 Å². The van der Waals surface area contributed by atoms with Gasteiger partial charge in [-0.15, -0.1) is 0 Å². The minimum absolute atomic E-state index is 0. The molecule has 0 N–H and O–H groups in total. The highest BCUT2D eigenvalue weighted by molar-refractivity contribution is 7.41. The van der Waals surface area contributed by atoms with E-state index in [2.05, 4.69) is 0 Å². The second-order valence-corrected chi connectivity index (χ2v) is 6.01. The van der Waals surface area contributed by atoms with Crippen LogP contribution in [0.5, 0.6) is 0 Å². The van der Waals surface area contributed by atoms with Crippen molar-refractivity contribution in [1.82, 2.24) is 0 Å². The fraction of sp³-hybridized carbons (Fsp3) is 1.00. The van der Waals surface area contributed by atoms with E-state index in [1.165, 1.54) is 0 Å². The number of hydrogen-bond acceptors (Lipinski definition) is 2. The summed E-state index contributed by atoms with van der Waals surface area (Å²) in [5.74, 6) is 0. The van der Waals surface area contributed by atoms with E-state index in [0.29, 0.717) is 0 Å². The van der Waals surface area contributed by atoms with Crippen LogP contribution in [0.25, 0.3) is 0 Å².